The van der Waals surface area contributed by atoms with Crippen LogP contribution in [-0.4, -0.2) is 56.5 Å². The smallest absolute Gasteiger partial charge is 0.340 e. The molecule has 2 N–H and O–H groups in total. The molecule has 1 aliphatic heterocycles. The number of allylic oxidation sites excluding steroid dienone is 1. The molecule has 2 aromatic carbocycles. The van der Waals surface area contributed by atoms with Crippen LogP contribution in [-0.2, 0) is 36.9 Å². The first-order valence-electron chi connectivity index (χ1n) is 13.0. The summed E-state index contributed by atoms with van der Waals surface area (Å²) in [5.74, 6) is -0.874. The van der Waals surface area contributed by atoms with Gasteiger partial charge in [0, 0.05) is 17.9 Å². The first-order chi connectivity index (χ1) is 20.2. The van der Waals surface area contributed by atoms with Crippen molar-refractivity contribution in [3.63, 3.8) is 0 Å². The monoisotopic (exact) mass is 573 g/mol. The second-order valence-electron chi connectivity index (χ2n) is 9.21. The molecule has 0 radical (unpaired) electrons. The molecule has 11 heteroatoms. The first kappa shape index (κ1) is 29.7. The highest BCUT2D eigenvalue weighted by Crippen LogP contribution is 2.33. The normalized spacial score (nSPS) is 13.8. The van der Waals surface area contributed by atoms with E-state index < -0.39 is 17.8 Å². The lowest BCUT2D eigenvalue weighted by Crippen LogP contribution is -2.34. The Morgan fingerprint density at radius 2 is 1.67 bits per heavy atom. The summed E-state index contributed by atoms with van der Waals surface area (Å²) in [7, 11) is 4.36. The van der Waals surface area contributed by atoms with E-state index in [1.54, 1.807) is 69.7 Å². The molecule has 11 nitrogen and oxygen atoms in total. The van der Waals surface area contributed by atoms with Crippen LogP contribution in [0.25, 0.3) is 6.08 Å². The van der Waals surface area contributed by atoms with Crippen molar-refractivity contribution in [3.8, 4) is 11.5 Å². The van der Waals surface area contributed by atoms with E-state index in [0.717, 1.165) is 5.56 Å². The van der Waals surface area contributed by atoms with Gasteiger partial charge < -0.3 is 34.2 Å². The third kappa shape index (κ3) is 6.69. The number of carbonyl (C=O) groups is 4. The summed E-state index contributed by atoms with van der Waals surface area (Å²) in [4.78, 5) is 52.0. The maximum absolute atomic E-state index is 13.5. The zero-order valence-corrected chi connectivity index (χ0v) is 23.7. The Labute approximate surface area is 242 Å². The average molecular weight is 574 g/mol. The molecule has 0 fully saturated rings. The summed E-state index contributed by atoms with van der Waals surface area (Å²) in [6.07, 6.45) is 1.95. The lowest BCUT2D eigenvalue weighted by atomic mass is 10.1. The highest BCUT2D eigenvalue weighted by Gasteiger charge is 2.37. The summed E-state index contributed by atoms with van der Waals surface area (Å²) in [5, 5.41) is 4.99. The van der Waals surface area contributed by atoms with Gasteiger partial charge >= 0.3 is 17.8 Å². The Kier molecular flexibility index (Phi) is 9.43. The molecule has 0 bridgehead atoms. The predicted molar refractivity (Wildman–Crippen MR) is 153 cm³/mol. The van der Waals surface area contributed by atoms with Gasteiger partial charge in [-0.2, -0.15) is 0 Å². The predicted octanol–water partition coefficient (Wildman–Crippen LogP) is 3.47. The summed E-state index contributed by atoms with van der Waals surface area (Å²) < 4.78 is 21.4. The summed E-state index contributed by atoms with van der Waals surface area (Å²) >= 11 is 0. The molecular formula is C31H31N3O8. The number of para-hydroxylation sites is 1. The van der Waals surface area contributed by atoms with Gasteiger partial charge in [0.25, 0.3) is 5.91 Å². The average Bonchev–Trinajstić information content (AvgIpc) is 3.55. The van der Waals surface area contributed by atoms with Crippen molar-refractivity contribution in [1.29, 1.82) is 0 Å². The third-order valence-electron chi connectivity index (χ3n) is 6.60. The fraction of sp³-hybridized carbons (Fsp3) is 0.226. The molecule has 1 aromatic heterocycles. The van der Waals surface area contributed by atoms with E-state index in [-0.39, 0.29) is 29.4 Å². The third-order valence-corrected chi connectivity index (χ3v) is 6.60. The Balaban J connectivity index is 1.45. The molecular weight excluding hydrogens is 542 g/mol. The number of amides is 3. The molecule has 1 aliphatic rings. The van der Waals surface area contributed by atoms with Crippen molar-refractivity contribution < 1.29 is 37.8 Å². The van der Waals surface area contributed by atoms with Crippen LogP contribution in [0.4, 0.5) is 5.69 Å². The maximum Gasteiger partial charge on any atom is 0.340 e. The van der Waals surface area contributed by atoms with Crippen LogP contribution in [0.1, 0.15) is 24.0 Å². The lowest BCUT2D eigenvalue weighted by molar-refractivity contribution is -0.136. The number of ether oxygens (including phenoxy) is 3. The number of rotatable bonds is 10. The Morgan fingerprint density at radius 3 is 2.36 bits per heavy atom. The van der Waals surface area contributed by atoms with Crippen molar-refractivity contribution in [3.05, 3.63) is 94.6 Å². The Morgan fingerprint density at radius 1 is 0.929 bits per heavy atom. The van der Waals surface area contributed by atoms with Crippen LogP contribution in [0.15, 0.2) is 81.9 Å². The van der Waals surface area contributed by atoms with Gasteiger partial charge in [-0.25, -0.2) is 4.79 Å². The number of nitrogens with zero attached hydrogens (tertiary/aromatic N) is 1. The molecule has 3 aromatic rings. The number of anilines is 1. The van der Waals surface area contributed by atoms with E-state index in [1.807, 2.05) is 12.1 Å². The molecule has 0 atom stereocenters. The highest BCUT2D eigenvalue weighted by molar-refractivity contribution is 6.39. The fourth-order valence-electron chi connectivity index (χ4n) is 4.44. The second-order valence-corrected chi connectivity index (χ2v) is 9.21. The summed E-state index contributed by atoms with van der Waals surface area (Å²) in [6.45, 7) is 1.93. The highest BCUT2D eigenvalue weighted by atomic mass is 16.5. The zero-order valence-electron chi connectivity index (χ0n) is 23.7. The molecule has 0 saturated carbocycles. The quantitative estimate of drug-likeness (QED) is 0.214. The molecule has 0 spiro atoms. The van der Waals surface area contributed by atoms with Gasteiger partial charge in [0.15, 0.2) is 11.5 Å². The number of hydrogen-bond donors (Lipinski definition) is 2. The molecule has 0 unspecified atom stereocenters. The van der Waals surface area contributed by atoms with E-state index in [2.05, 4.69) is 10.6 Å². The van der Waals surface area contributed by atoms with Crippen LogP contribution < -0.4 is 20.1 Å². The minimum atomic E-state index is -0.835. The van der Waals surface area contributed by atoms with Gasteiger partial charge in [-0.3, -0.25) is 14.4 Å². The van der Waals surface area contributed by atoms with Gasteiger partial charge in [0.05, 0.1) is 39.0 Å². The Hall–Kier alpha value is -5.32. The van der Waals surface area contributed by atoms with Crippen LogP contribution in [0, 0.1) is 0 Å². The molecule has 0 aliphatic carbocycles. The van der Waals surface area contributed by atoms with Crippen LogP contribution in [0.3, 0.4) is 0 Å². The van der Waals surface area contributed by atoms with E-state index >= 15 is 0 Å². The first-order valence-corrected chi connectivity index (χ1v) is 13.0. The molecule has 218 valence electrons. The molecule has 0 saturated heterocycles. The van der Waals surface area contributed by atoms with E-state index in [4.69, 9.17) is 18.6 Å². The largest absolute Gasteiger partial charge is 0.493 e. The van der Waals surface area contributed by atoms with Gasteiger partial charge in [-0.1, -0.05) is 24.3 Å². The van der Waals surface area contributed by atoms with Crippen molar-refractivity contribution in [2.24, 2.45) is 0 Å². The number of furan rings is 1. The van der Waals surface area contributed by atoms with Crippen molar-refractivity contribution in [2.75, 3.05) is 33.2 Å². The SMILES string of the molecule is COC(=O)C1=C(C)N(CCc2ccc(OC)c(OC)c2)C(=O)/C1=C/c1ccc(CNC(=O)C(=O)Nc2ccccc2)o1. The summed E-state index contributed by atoms with van der Waals surface area (Å²) in [5.41, 5.74) is 2.13. The zero-order chi connectivity index (χ0) is 30.2. The maximum atomic E-state index is 13.5. The lowest BCUT2D eigenvalue weighted by Gasteiger charge is -2.18. The van der Waals surface area contributed by atoms with E-state index in [1.165, 1.54) is 18.1 Å². The summed E-state index contributed by atoms with van der Waals surface area (Å²) in [6, 6.07) is 17.3. The molecule has 4 rings (SSSR count). The number of benzene rings is 2. The molecule has 2 heterocycles. The van der Waals surface area contributed by atoms with E-state index in [0.29, 0.717) is 41.6 Å². The van der Waals surface area contributed by atoms with Gasteiger partial charge in [0.2, 0.25) is 0 Å². The van der Waals surface area contributed by atoms with Crippen LogP contribution >= 0.6 is 0 Å². The van der Waals surface area contributed by atoms with Gasteiger partial charge in [-0.05, 0) is 61.4 Å². The standard InChI is InChI=1S/C31H31N3O8/c1-19-27(31(38)41-4)24(30(37)34(19)15-14-20-10-13-25(39-2)26(16-20)40-3)17-22-11-12-23(42-22)18-32-28(35)29(36)33-21-8-6-5-7-9-21/h5-13,16-17H,14-15,18H2,1-4H3,(H,32,35)(H,33,36)/b24-17+. The second kappa shape index (κ2) is 13.4. The number of esters is 1. The van der Waals surface area contributed by atoms with Crippen LogP contribution in [0.5, 0.6) is 11.5 Å². The number of hydrogen-bond acceptors (Lipinski definition) is 8. The Bertz CT molecular complexity index is 1560. The van der Waals surface area contributed by atoms with Gasteiger partial charge in [-0.15, -0.1) is 0 Å². The van der Waals surface area contributed by atoms with Crippen LogP contribution in [0.2, 0.25) is 0 Å². The number of nitrogens with one attached hydrogen (secondary N) is 2. The minimum absolute atomic E-state index is 0.0612. The fourth-order valence-corrected chi connectivity index (χ4v) is 4.44. The molecule has 42 heavy (non-hydrogen) atoms. The van der Waals surface area contributed by atoms with Crippen molar-refractivity contribution in [1.82, 2.24) is 10.2 Å². The van der Waals surface area contributed by atoms with Crippen molar-refractivity contribution in [2.45, 2.75) is 19.9 Å². The minimum Gasteiger partial charge on any atom is -0.493 e. The molecule has 3 amide bonds. The van der Waals surface area contributed by atoms with Gasteiger partial charge in [0.1, 0.15) is 11.5 Å². The topological polar surface area (TPSA) is 136 Å². The number of methoxy groups -OCH3 is 3. The van der Waals surface area contributed by atoms with E-state index in [9.17, 15) is 19.2 Å². The number of carbonyl (C=O) groups excluding carboxylic acids is 4. The van der Waals surface area contributed by atoms with Crippen molar-refractivity contribution >= 4 is 35.5 Å².